The van der Waals surface area contributed by atoms with Gasteiger partial charge in [0.1, 0.15) is 5.82 Å². The first-order valence-electron chi connectivity index (χ1n) is 8.28. The van der Waals surface area contributed by atoms with E-state index in [2.05, 4.69) is 13.8 Å². The molecule has 2 heterocycles. The third-order valence-corrected chi connectivity index (χ3v) is 4.79. The van der Waals surface area contributed by atoms with Gasteiger partial charge in [0.2, 0.25) is 11.8 Å². The molecule has 2 fully saturated rings. The van der Waals surface area contributed by atoms with Crippen LogP contribution in [0.4, 0.5) is 10.1 Å². The Hall–Kier alpha value is -1.91. The van der Waals surface area contributed by atoms with Crippen molar-refractivity contribution in [3.8, 4) is 0 Å². The number of hydrogen-bond acceptors (Lipinski definition) is 2. The fourth-order valence-corrected chi connectivity index (χ4v) is 3.84. The highest BCUT2D eigenvalue weighted by molar-refractivity contribution is 6.00. The first kappa shape index (κ1) is 16.0. The number of amides is 2. The molecule has 124 valence electrons. The molecule has 0 aliphatic carbocycles. The molecule has 3 atom stereocenters. The van der Waals surface area contributed by atoms with Crippen molar-refractivity contribution >= 4 is 17.5 Å². The number of likely N-dealkylation sites (tertiary alicyclic amines) is 1. The molecule has 1 aromatic rings. The Morgan fingerprint density at radius 3 is 2.30 bits per heavy atom. The summed E-state index contributed by atoms with van der Waals surface area (Å²) < 4.78 is 13.0. The van der Waals surface area contributed by atoms with Crippen molar-refractivity contribution in [2.75, 3.05) is 24.5 Å². The van der Waals surface area contributed by atoms with Gasteiger partial charge in [0, 0.05) is 31.7 Å². The van der Waals surface area contributed by atoms with Gasteiger partial charge in [-0.25, -0.2) is 4.39 Å². The molecule has 0 N–H and O–H groups in total. The Morgan fingerprint density at radius 2 is 1.70 bits per heavy atom. The molecule has 3 rings (SSSR count). The van der Waals surface area contributed by atoms with Gasteiger partial charge in [0.05, 0.1) is 5.92 Å². The predicted molar refractivity (Wildman–Crippen MR) is 86.4 cm³/mol. The van der Waals surface area contributed by atoms with Crippen LogP contribution in [0.5, 0.6) is 0 Å². The molecule has 0 spiro atoms. The lowest BCUT2D eigenvalue weighted by molar-refractivity contribution is -0.138. The van der Waals surface area contributed by atoms with E-state index in [4.69, 9.17) is 0 Å². The molecule has 5 heteroatoms. The second kappa shape index (κ2) is 6.30. The van der Waals surface area contributed by atoms with Crippen molar-refractivity contribution in [3.63, 3.8) is 0 Å². The molecule has 0 aromatic heterocycles. The van der Waals surface area contributed by atoms with E-state index < -0.39 is 0 Å². The Balaban J connectivity index is 1.69. The molecule has 1 aromatic carbocycles. The highest BCUT2D eigenvalue weighted by Gasteiger charge is 2.38. The highest BCUT2D eigenvalue weighted by atomic mass is 19.1. The van der Waals surface area contributed by atoms with Crippen LogP contribution in [-0.4, -0.2) is 36.3 Å². The first-order chi connectivity index (χ1) is 10.9. The van der Waals surface area contributed by atoms with Crippen molar-refractivity contribution in [1.82, 2.24) is 4.90 Å². The second-order valence-electron chi connectivity index (χ2n) is 7.07. The zero-order valence-corrected chi connectivity index (χ0v) is 13.7. The maximum atomic E-state index is 13.0. The van der Waals surface area contributed by atoms with Crippen LogP contribution in [0.15, 0.2) is 24.3 Å². The summed E-state index contributed by atoms with van der Waals surface area (Å²) in [5.41, 5.74) is 0.659. The van der Waals surface area contributed by atoms with E-state index in [0.717, 1.165) is 19.5 Å². The predicted octanol–water partition coefficient (Wildman–Crippen LogP) is 2.68. The number of anilines is 1. The normalized spacial score (nSPS) is 28.3. The summed E-state index contributed by atoms with van der Waals surface area (Å²) in [4.78, 5) is 28.5. The number of halogens is 1. The van der Waals surface area contributed by atoms with Crippen LogP contribution in [-0.2, 0) is 9.59 Å². The number of hydrogen-bond donors (Lipinski definition) is 0. The number of carbonyl (C=O) groups excluding carboxylic acids is 2. The number of benzene rings is 1. The van der Waals surface area contributed by atoms with Crippen molar-refractivity contribution in [1.29, 1.82) is 0 Å². The zero-order valence-electron chi connectivity index (χ0n) is 13.7. The van der Waals surface area contributed by atoms with Crippen molar-refractivity contribution < 1.29 is 14.0 Å². The molecular weight excluding hydrogens is 295 g/mol. The maximum absolute atomic E-state index is 13.0. The molecule has 2 aliphatic heterocycles. The molecule has 0 radical (unpaired) electrons. The van der Waals surface area contributed by atoms with Gasteiger partial charge in [-0.1, -0.05) is 13.8 Å². The van der Waals surface area contributed by atoms with Crippen molar-refractivity contribution in [3.05, 3.63) is 30.1 Å². The van der Waals surface area contributed by atoms with Gasteiger partial charge < -0.3 is 9.80 Å². The quantitative estimate of drug-likeness (QED) is 0.841. The summed E-state index contributed by atoms with van der Waals surface area (Å²) in [6.45, 7) is 6.29. The lowest BCUT2D eigenvalue weighted by Crippen LogP contribution is -2.45. The largest absolute Gasteiger partial charge is 0.342 e. The van der Waals surface area contributed by atoms with Crippen LogP contribution in [0.3, 0.4) is 0 Å². The summed E-state index contributed by atoms with van der Waals surface area (Å²) in [7, 11) is 0. The number of nitrogens with zero attached hydrogens (tertiary/aromatic N) is 2. The van der Waals surface area contributed by atoms with Gasteiger partial charge in [0.15, 0.2) is 0 Å². The van der Waals surface area contributed by atoms with Crippen molar-refractivity contribution in [2.24, 2.45) is 17.8 Å². The monoisotopic (exact) mass is 318 g/mol. The minimum Gasteiger partial charge on any atom is -0.342 e. The number of carbonyl (C=O) groups is 2. The van der Waals surface area contributed by atoms with Crippen LogP contribution in [0.2, 0.25) is 0 Å². The summed E-state index contributed by atoms with van der Waals surface area (Å²) in [6.07, 6.45) is 1.39. The Kier molecular flexibility index (Phi) is 4.37. The van der Waals surface area contributed by atoms with E-state index in [0.29, 0.717) is 24.1 Å². The molecule has 4 nitrogen and oxygen atoms in total. The Morgan fingerprint density at radius 1 is 1.09 bits per heavy atom. The Bertz CT molecular complexity index is 592. The number of rotatable bonds is 2. The fourth-order valence-electron chi connectivity index (χ4n) is 3.84. The van der Waals surface area contributed by atoms with Crippen LogP contribution in [0.25, 0.3) is 0 Å². The van der Waals surface area contributed by atoms with E-state index in [1.54, 1.807) is 17.0 Å². The second-order valence-corrected chi connectivity index (χ2v) is 7.07. The van der Waals surface area contributed by atoms with E-state index in [1.165, 1.54) is 12.1 Å². The van der Waals surface area contributed by atoms with Gasteiger partial charge in [-0.15, -0.1) is 0 Å². The van der Waals surface area contributed by atoms with Gasteiger partial charge in [-0.2, -0.15) is 0 Å². The summed E-state index contributed by atoms with van der Waals surface area (Å²) in [5.74, 6) is 0.421. The van der Waals surface area contributed by atoms with Crippen molar-refractivity contribution in [2.45, 2.75) is 26.7 Å². The minimum absolute atomic E-state index is 0.0620. The number of piperidine rings is 1. The average Bonchev–Trinajstić information content (AvgIpc) is 2.88. The standard InChI is InChI=1S/C18H23FN2O2/c1-12-7-13(2)10-20(9-12)18(23)14-8-17(22)21(11-14)16-5-3-15(19)4-6-16/h3-6,12-14H,7-11H2,1-2H3/t12-,13-,14-/m1/s1. The molecule has 23 heavy (non-hydrogen) atoms. The molecule has 0 bridgehead atoms. The molecule has 2 amide bonds. The summed E-state index contributed by atoms with van der Waals surface area (Å²) in [5, 5.41) is 0. The maximum Gasteiger partial charge on any atom is 0.228 e. The first-order valence-corrected chi connectivity index (χ1v) is 8.28. The summed E-state index contributed by atoms with van der Waals surface area (Å²) in [6, 6.07) is 5.85. The average molecular weight is 318 g/mol. The third kappa shape index (κ3) is 3.38. The molecular formula is C18H23FN2O2. The van der Waals surface area contributed by atoms with Gasteiger partial charge in [-0.3, -0.25) is 9.59 Å². The van der Waals surface area contributed by atoms with Crippen LogP contribution < -0.4 is 4.90 Å². The van der Waals surface area contributed by atoms with E-state index in [1.807, 2.05) is 4.90 Å². The lowest BCUT2D eigenvalue weighted by Gasteiger charge is -2.36. The van der Waals surface area contributed by atoms with Crippen LogP contribution in [0.1, 0.15) is 26.7 Å². The molecule has 0 saturated carbocycles. The van der Waals surface area contributed by atoms with E-state index in [9.17, 15) is 14.0 Å². The third-order valence-electron chi connectivity index (χ3n) is 4.79. The molecule has 2 aliphatic rings. The summed E-state index contributed by atoms with van der Waals surface area (Å²) >= 11 is 0. The van der Waals surface area contributed by atoms with Gasteiger partial charge >= 0.3 is 0 Å². The fraction of sp³-hybridized carbons (Fsp3) is 0.556. The Labute approximate surface area is 136 Å². The highest BCUT2D eigenvalue weighted by Crippen LogP contribution is 2.29. The molecule has 2 saturated heterocycles. The lowest BCUT2D eigenvalue weighted by atomic mass is 9.91. The SMILES string of the molecule is C[C@@H]1C[C@@H](C)CN(C(=O)[C@@H]2CC(=O)N(c3ccc(F)cc3)C2)C1. The zero-order chi connectivity index (χ0) is 16.6. The van der Waals surface area contributed by atoms with Gasteiger partial charge in [-0.05, 0) is 42.5 Å². The smallest absolute Gasteiger partial charge is 0.228 e. The van der Waals surface area contributed by atoms with E-state index in [-0.39, 0.29) is 30.0 Å². The minimum atomic E-state index is -0.329. The van der Waals surface area contributed by atoms with E-state index >= 15 is 0 Å². The van der Waals surface area contributed by atoms with Crippen LogP contribution in [0, 0.1) is 23.6 Å². The topological polar surface area (TPSA) is 40.6 Å². The van der Waals surface area contributed by atoms with Crippen LogP contribution >= 0.6 is 0 Å². The molecule has 0 unspecified atom stereocenters. The van der Waals surface area contributed by atoms with Gasteiger partial charge in [0.25, 0.3) is 0 Å².